The first kappa shape index (κ1) is 18.8. The first-order valence-corrected chi connectivity index (χ1v) is 9.12. The molecule has 0 amide bonds. The van der Waals surface area contributed by atoms with Gasteiger partial charge in [-0.15, -0.1) is 0 Å². The fourth-order valence-corrected chi connectivity index (χ4v) is 3.55. The number of nitrogens with zero attached hydrogens (tertiary/aromatic N) is 2. The third-order valence-electron chi connectivity index (χ3n) is 5.02. The lowest BCUT2D eigenvalue weighted by molar-refractivity contribution is 0.0499. The van der Waals surface area contributed by atoms with Crippen LogP contribution in [0.3, 0.4) is 0 Å². The van der Waals surface area contributed by atoms with Crippen molar-refractivity contribution in [2.24, 2.45) is 0 Å². The zero-order valence-corrected chi connectivity index (χ0v) is 15.3. The Morgan fingerprint density at radius 1 is 1.00 bits per heavy atom. The smallest absolute Gasteiger partial charge is 0.123 e. The van der Waals surface area contributed by atoms with E-state index in [1.54, 1.807) is 7.11 Å². The lowest BCUT2D eigenvalue weighted by atomic mass is 10.1. The molecular weight excluding hydrogens is 331 g/mol. The predicted octanol–water partition coefficient (Wildman–Crippen LogP) is 2.90. The second-order valence-corrected chi connectivity index (χ2v) is 6.85. The van der Waals surface area contributed by atoms with Crippen LogP contribution in [0.5, 0.6) is 5.75 Å². The number of piperazine rings is 1. The molecule has 0 radical (unpaired) electrons. The van der Waals surface area contributed by atoms with E-state index in [9.17, 15) is 9.50 Å². The van der Waals surface area contributed by atoms with E-state index in [0.29, 0.717) is 6.04 Å². The zero-order chi connectivity index (χ0) is 18.4. The van der Waals surface area contributed by atoms with Crippen LogP contribution in [0, 0.1) is 5.82 Å². The molecule has 1 atom stereocenters. The molecule has 2 aromatic rings. The van der Waals surface area contributed by atoms with Gasteiger partial charge in [0.2, 0.25) is 0 Å². The molecule has 0 bridgehead atoms. The van der Waals surface area contributed by atoms with Gasteiger partial charge < -0.3 is 9.84 Å². The normalized spacial score (nSPS) is 18.8. The van der Waals surface area contributed by atoms with Crippen molar-refractivity contribution >= 4 is 0 Å². The molecule has 1 heterocycles. The number of hydrogen-bond donors (Lipinski definition) is 1. The first-order valence-electron chi connectivity index (χ1n) is 9.12. The molecule has 4 nitrogen and oxygen atoms in total. The Morgan fingerprint density at radius 3 is 2.31 bits per heavy atom. The molecule has 3 rings (SSSR count). The van der Waals surface area contributed by atoms with Crippen molar-refractivity contribution in [3.63, 3.8) is 0 Å². The highest BCUT2D eigenvalue weighted by Crippen LogP contribution is 2.19. The highest BCUT2D eigenvalue weighted by Gasteiger charge is 2.26. The summed E-state index contributed by atoms with van der Waals surface area (Å²) in [5, 5.41) is 9.46. The van der Waals surface area contributed by atoms with Crippen LogP contribution in [0.2, 0.25) is 0 Å². The van der Waals surface area contributed by atoms with Crippen LogP contribution in [0.25, 0.3) is 0 Å². The summed E-state index contributed by atoms with van der Waals surface area (Å²) in [6.07, 6.45) is 0.750. The minimum Gasteiger partial charge on any atom is -0.497 e. The maximum absolute atomic E-state index is 13.1. The summed E-state index contributed by atoms with van der Waals surface area (Å²) in [4.78, 5) is 4.83. The Morgan fingerprint density at radius 2 is 1.65 bits per heavy atom. The molecule has 1 aliphatic heterocycles. The fourth-order valence-electron chi connectivity index (χ4n) is 3.55. The zero-order valence-electron chi connectivity index (χ0n) is 15.3. The molecule has 1 unspecified atom stereocenters. The summed E-state index contributed by atoms with van der Waals surface area (Å²) < 4.78 is 18.3. The van der Waals surface area contributed by atoms with Gasteiger partial charge in [-0.05, 0) is 41.8 Å². The van der Waals surface area contributed by atoms with Gasteiger partial charge in [0, 0.05) is 45.4 Å². The Balaban J connectivity index is 1.60. The molecular formula is C21H27FN2O2. The molecule has 2 aromatic carbocycles. The van der Waals surface area contributed by atoms with Gasteiger partial charge in [0.05, 0.1) is 7.11 Å². The quantitative estimate of drug-likeness (QED) is 0.826. The summed E-state index contributed by atoms with van der Waals surface area (Å²) in [6.45, 7) is 4.72. The van der Waals surface area contributed by atoms with Crippen molar-refractivity contribution < 1.29 is 14.2 Å². The van der Waals surface area contributed by atoms with Crippen LogP contribution >= 0.6 is 0 Å². The van der Waals surface area contributed by atoms with Crippen molar-refractivity contribution in [1.29, 1.82) is 0 Å². The standard InChI is InChI=1S/C21H27FN2O2/c1-26-21-8-4-17(5-9-21)14-23-11-12-24(20(16-23)10-13-25)15-18-2-6-19(22)7-3-18/h2-9,20,25H,10-16H2,1H3. The monoisotopic (exact) mass is 358 g/mol. The van der Waals surface area contributed by atoms with E-state index < -0.39 is 0 Å². The van der Waals surface area contributed by atoms with Crippen LogP contribution in [-0.4, -0.2) is 54.3 Å². The van der Waals surface area contributed by atoms with E-state index in [4.69, 9.17) is 4.74 Å². The lowest BCUT2D eigenvalue weighted by Crippen LogP contribution is -2.52. The van der Waals surface area contributed by atoms with Gasteiger partial charge >= 0.3 is 0 Å². The minimum absolute atomic E-state index is 0.182. The summed E-state index contributed by atoms with van der Waals surface area (Å²) in [6, 6.07) is 15.2. The SMILES string of the molecule is COc1ccc(CN2CCN(Cc3ccc(F)cc3)C(CCO)C2)cc1. The van der Waals surface area contributed by atoms with Crippen molar-refractivity contribution in [1.82, 2.24) is 9.80 Å². The third-order valence-corrected chi connectivity index (χ3v) is 5.02. The highest BCUT2D eigenvalue weighted by atomic mass is 19.1. The summed E-state index contributed by atoms with van der Waals surface area (Å²) in [5.74, 6) is 0.668. The maximum Gasteiger partial charge on any atom is 0.123 e. The Hall–Kier alpha value is -1.95. The van der Waals surface area contributed by atoms with E-state index >= 15 is 0 Å². The van der Waals surface area contributed by atoms with Gasteiger partial charge in [-0.2, -0.15) is 0 Å². The van der Waals surface area contributed by atoms with E-state index in [0.717, 1.165) is 50.5 Å². The molecule has 26 heavy (non-hydrogen) atoms. The van der Waals surface area contributed by atoms with Gasteiger partial charge in [-0.25, -0.2) is 4.39 Å². The second kappa shape index (κ2) is 9.12. The largest absolute Gasteiger partial charge is 0.497 e. The summed E-state index contributed by atoms with van der Waals surface area (Å²) in [7, 11) is 1.68. The number of rotatable bonds is 7. The van der Waals surface area contributed by atoms with Gasteiger partial charge in [-0.3, -0.25) is 9.80 Å². The van der Waals surface area contributed by atoms with E-state index in [1.807, 2.05) is 24.3 Å². The molecule has 0 aliphatic carbocycles. The van der Waals surface area contributed by atoms with Crippen molar-refractivity contribution in [2.75, 3.05) is 33.4 Å². The van der Waals surface area contributed by atoms with Gasteiger partial charge in [0.1, 0.15) is 11.6 Å². The van der Waals surface area contributed by atoms with Crippen LogP contribution in [0.15, 0.2) is 48.5 Å². The third kappa shape index (κ3) is 5.04. The number of aliphatic hydroxyl groups is 1. The Labute approximate surface area is 154 Å². The van der Waals surface area contributed by atoms with Crippen LogP contribution in [-0.2, 0) is 13.1 Å². The summed E-state index contributed by atoms with van der Waals surface area (Å²) in [5.41, 5.74) is 2.37. The topological polar surface area (TPSA) is 35.9 Å². The number of halogens is 1. The average molecular weight is 358 g/mol. The average Bonchev–Trinajstić information content (AvgIpc) is 2.66. The molecule has 5 heteroatoms. The minimum atomic E-state index is -0.204. The predicted molar refractivity (Wildman–Crippen MR) is 101 cm³/mol. The lowest BCUT2D eigenvalue weighted by Gasteiger charge is -2.41. The molecule has 0 spiro atoms. The number of ether oxygens (including phenoxy) is 1. The molecule has 0 aromatic heterocycles. The van der Waals surface area contributed by atoms with E-state index in [-0.39, 0.29) is 12.4 Å². The van der Waals surface area contributed by atoms with Gasteiger partial charge in [0.15, 0.2) is 0 Å². The summed E-state index contributed by atoms with van der Waals surface area (Å²) >= 11 is 0. The first-order chi connectivity index (χ1) is 12.7. The van der Waals surface area contributed by atoms with Crippen LogP contribution in [0.4, 0.5) is 4.39 Å². The van der Waals surface area contributed by atoms with Crippen molar-refractivity contribution in [3.8, 4) is 5.75 Å². The second-order valence-electron chi connectivity index (χ2n) is 6.85. The van der Waals surface area contributed by atoms with Crippen molar-refractivity contribution in [2.45, 2.75) is 25.6 Å². The number of aliphatic hydroxyl groups excluding tert-OH is 1. The van der Waals surface area contributed by atoms with Crippen molar-refractivity contribution in [3.05, 3.63) is 65.5 Å². The maximum atomic E-state index is 13.1. The Bertz CT molecular complexity index is 675. The van der Waals surface area contributed by atoms with E-state index in [2.05, 4.69) is 21.9 Å². The number of methoxy groups -OCH3 is 1. The highest BCUT2D eigenvalue weighted by molar-refractivity contribution is 5.27. The number of hydrogen-bond acceptors (Lipinski definition) is 4. The Kier molecular flexibility index (Phi) is 6.61. The van der Waals surface area contributed by atoms with Crippen LogP contribution in [0.1, 0.15) is 17.5 Å². The van der Waals surface area contributed by atoms with Gasteiger partial charge in [0.25, 0.3) is 0 Å². The molecule has 140 valence electrons. The molecule has 1 N–H and O–H groups in total. The fraction of sp³-hybridized carbons (Fsp3) is 0.429. The van der Waals surface area contributed by atoms with E-state index in [1.165, 1.54) is 17.7 Å². The molecule has 1 aliphatic rings. The van der Waals surface area contributed by atoms with Gasteiger partial charge in [-0.1, -0.05) is 24.3 Å². The molecule has 0 saturated carbocycles. The molecule has 1 saturated heterocycles. The molecule has 1 fully saturated rings. The van der Waals surface area contributed by atoms with Crippen LogP contribution < -0.4 is 4.74 Å². The number of benzene rings is 2.